The summed E-state index contributed by atoms with van der Waals surface area (Å²) >= 11 is 0. The predicted molar refractivity (Wildman–Crippen MR) is 80.0 cm³/mol. The monoisotopic (exact) mass is 254 g/mol. The summed E-state index contributed by atoms with van der Waals surface area (Å²) in [5.41, 5.74) is 2.58. The summed E-state index contributed by atoms with van der Waals surface area (Å²) in [7, 11) is 0. The largest absolute Gasteiger partial charge is 0.373 e. The fraction of sp³-hybridized carbons (Fsp3) is 0.333. The Morgan fingerprint density at radius 2 is 1.32 bits per heavy atom. The molecule has 0 heterocycles. The van der Waals surface area contributed by atoms with E-state index in [-0.39, 0.29) is 6.10 Å². The van der Waals surface area contributed by atoms with Gasteiger partial charge in [-0.2, -0.15) is 0 Å². The van der Waals surface area contributed by atoms with E-state index in [4.69, 9.17) is 4.74 Å². The maximum Gasteiger partial charge on any atom is 0.0720 e. The maximum absolute atomic E-state index is 6.09. The number of rotatable bonds is 6. The molecule has 0 aliphatic heterocycles. The molecule has 2 aromatic rings. The maximum atomic E-state index is 6.09. The van der Waals surface area contributed by atoms with Gasteiger partial charge in [-0.1, -0.05) is 74.5 Å². The molecule has 0 aliphatic carbocycles. The zero-order chi connectivity index (χ0) is 13.5. The zero-order valence-electron chi connectivity index (χ0n) is 11.8. The van der Waals surface area contributed by atoms with Crippen molar-refractivity contribution in [3.8, 4) is 0 Å². The second-order valence-electron chi connectivity index (χ2n) is 5.27. The molecule has 0 saturated carbocycles. The van der Waals surface area contributed by atoms with Crippen molar-refractivity contribution < 1.29 is 4.74 Å². The fourth-order valence-electron chi connectivity index (χ4n) is 2.11. The van der Waals surface area contributed by atoms with Gasteiger partial charge < -0.3 is 4.74 Å². The van der Waals surface area contributed by atoms with Crippen molar-refractivity contribution >= 4 is 0 Å². The molecule has 19 heavy (non-hydrogen) atoms. The number of benzene rings is 2. The quantitative estimate of drug-likeness (QED) is 0.739. The van der Waals surface area contributed by atoms with Gasteiger partial charge in [-0.25, -0.2) is 0 Å². The molecule has 1 unspecified atom stereocenters. The third-order valence-corrected chi connectivity index (χ3v) is 3.33. The SMILES string of the molecule is CC(C)C(Cc1ccccc1)OCc1ccccc1. The van der Waals surface area contributed by atoms with E-state index < -0.39 is 0 Å². The first-order valence-corrected chi connectivity index (χ1v) is 6.95. The molecule has 2 rings (SSSR count). The van der Waals surface area contributed by atoms with Gasteiger partial charge in [-0.3, -0.25) is 0 Å². The lowest BCUT2D eigenvalue weighted by Crippen LogP contribution is -2.22. The minimum Gasteiger partial charge on any atom is -0.373 e. The Morgan fingerprint density at radius 1 is 0.789 bits per heavy atom. The van der Waals surface area contributed by atoms with Crippen LogP contribution in [0.15, 0.2) is 60.7 Å². The van der Waals surface area contributed by atoms with Crippen molar-refractivity contribution in [2.75, 3.05) is 0 Å². The molecule has 1 nitrogen and oxygen atoms in total. The third-order valence-electron chi connectivity index (χ3n) is 3.33. The summed E-state index contributed by atoms with van der Waals surface area (Å²) < 4.78 is 6.09. The van der Waals surface area contributed by atoms with Gasteiger partial charge in [0.05, 0.1) is 12.7 Å². The summed E-state index contributed by atoms with van der Waals surface area (Å²) in [6, 6.07) is 20.9. The summed E-state index contributed by atoms with van der Waals surface area (Å²) in [5.74, 6) is 0.518. The molecule has 1 heteroatoms. The van der Waals surface area contributed by atoms with Gasteiger partial charge in [-0.15, -0.1) is 0 Å². The first kappa shape index (κ1) is 13.8. The van der Waals surface area contributed by atoms with Crippen molar-refractivity contribution in [3.63, 3.8) is 0 Å². The highest BCUT2D eigenvalue weighted by atomic mass is 16.5. The van der Waals surface area contributed by atoms with Crippen molar-refractivity contribution in [3.05, 3.63) is 71.8 Å². The molecule has 0 bridgehead atoms. The molecule has 0 radical (unpaired) electrons. The number of ether oxygens (including phenoxy) is 1. The lowest BCUT2D eigenvalue weighted by molar-refractivity contribution is 0.0111. The van der Waals surface area contributed by atoms with Crippen LogP contribution in [-0.2, 0) is 17.8 Å². The molecule has 0 fully saturated rings. The standard InChI is InChI=1S/C18H22O/c1-15(2)18(13-16-9-5-3-6-10-16)19-14-17-11-7-4-8-12-17/h3-12,15,18H,13-14H2,1-2H3. The molecule has 100 valence electrons. The summed E-state index contributed by atoms with van der Waals surface area (Å²) in [6.45, 7) is 5.13. The molecule has 0 aliphatic rings. The number of hydrogen-bond donors (Lipinski definition) is 0. The third kappa shape index (κ3) is 4.53. The van der Waals surface area contributed by atoms with Gasteiger partial charge in [0, 0.05) is 0 Å². The Morgan fingerprint density at radius 3 is 1.84 bits per heavy atom. The first-order valence-electron chi connectivity index (χ1n) is 6.95. The minimum absolute atomic E-state index is 0.266. The van der Waals surface area contributed by atoms with Crippen LogP contribution in [0.3, 0.4) is 0 Å². The van der Waals surface area contributed by atoms with Gasteiger partial charge in [0.25, 0.3) is 0 Å². The summed E-state index contributed by atoms with van der Waals surface area (Å²) in [5, 5.41) is 0. The highest BCUT2D eigenvalue weighted by Crippen LogP contribution is 2.15. The van der Waals surface area contributed by atoms with E-state index in [0.29, 0.717) is 12.5 Å². The normalized spacial score (nSPS) is 12.6. The van der Waals surface area contributed by atoms with Crippen LogP contribution in [0.1, 0.15) is 25.0 Å². The molecular weight excluding hydrogens is 232 g/mol. The van der Waals surface area contributed by atoms with Crippen molar-refractivity contribution in [1.29, 1.82) is 0 Å². The van der Waals surface area contributed by atoms with Crippen molar-refractivity contribution in [2.24, 2.45) is 5.92 Å². The highest BCUT2D eigenvalue weighted by molar-refractivity contribution is 5.16. The molecule has 0 N–H and O–H groups in total. The lowest BCUT2D eigenvalue weighted by atomic mass is 9.99. The Labute approximate surface area is 116 Å². The van der Waals surface area contributed by atoms with E-state index in [1.165, 1.54) is 11.1 Å². The van der Waals surface area contributed by atoms with E-state index in [9.17, 15) is 0 Å². The molecule has 0 aromatic heterocycles. The van der Waals surface area contributed by atoms with E-state index in [2.05, 4.69) is 68.4 Å². The van der Waals surface area contributed by atoms with Crippen LogP contribution in [-0.4, -0.2) is 6.10 Å². The molecule has 0 amide bonds. The Balaban J connectivity index is 1.93. The van der Waals surface area contributed by atoms with Crippen LogP contribution in [0.4, 0.5) is 0 Å². The average molecular weight is 254 g/mol. The number of hydrogen-bond acceptors (Lipinski definition) is 1. The lowest BCUT2D eigenvalue weighted by Gasteiger charge is -2.22. The van der Waals surface area contributed by atoms with Gasteiger partial charge in [0.1, 0.15) is 0 Å². The van der Waals surface area contributed by atoms with Crippen LogP contribution < -0.4 is 0 Å². The summed E-state index contributed by atoms with van der Waals surface area (Å²) in [4.78, 5) is 0. The van der Waals surface area contributed by atoms with Gasteiger partial charge in [0.2, 0.25) is 0 Å². The highest BCUT2D eigenvalue weighted by Gasteiger charge is 2.14. The second kappa shape index (κ2) is 7.10. The van der Waals surface area contributed by atoms with Gasteiger partial charge in [-0.05, 0) is 23.5 Å². The first-order chi connectivity index (χ1) is 9.25. The average Bonchev–Trinajstić information content (AvgIpc) is 2.45. The fourth-order valence-corrected chi connectivity index (χ4v) is 2.11. The van der Waals surface area contributed by atoms with Gasteiger partial charge in [0.15, 0.2) is 0 Å². The van der Waals surface area contributed by atoms with Crippen LogP contribution in [0.2, 0.25) is 0 Å². The van der Waals surface area contributed by atoms with Crippen LogP contribution in [0, 0.1) is 5.92 Å². The topological polar surface area (TPSA) is 9.23 Å². The molecule has 1 atom stereocenters. The van der Waals surface area contributed by atoms with Crippen LogP contribution in [0.5, 0.6) is 0 Å². The van der Waals surface area contributed by atoms with E-state index in [1.807, 2.05) is 6.07 Å². The Hall–Kier alpha value is -1.60. The van der Waals surface area contributed by atoms with Crippen LogP contribution in [0.25, 0.3) is 0 Å². The van der Waals surface area contributed by atoms with E-state index in [0.717, 1.165) is 6.42 Å². The van der Waals surface area contributed by atoms with Crippen molar-refractivity contribution in [2.45, 2.75) is 33.0 Å². The van der Waals surface area contributed by atoms with Crippen LogP contribution >= 0.6 is 0 Å². The second-order valence-corrected chi connectivity index (χ2v) is 5.27. The van der Waals surface area contributed by atoms with E-state index >= 15 is 0 Å². The van der Waals surface area contributed by atoms with E-state index in [1.54, 1.807) is 0 Å². The summed E-state index contributed by atoms with van der Waals surface area (Å²) in [6.07, 6.45) is 1.24. The van der Waals surface area contributed by atoms with Gasteiger partial charge >= 0.3 is 0 Å². The molecule has 0 spiro atoms. The van der Waals surface area contributed by atoms with Crippen molar-refractivity contribution in [1.82, 2.24) is 0 Å². The molecule has 2 aromatic carbocycles. The molecule has 0 saturated heterocycles. The molecular formula is C18H22O. The Kier molecular flexibility index (Phi) is 5.17. The smallest absolute Gasteiger partial charge is 0.0720 e. The zero-order valence-corrected chi connectivity index (χ0v) is 11.8. The Bertz CT molecular complexity index is 462. The minimum atomic E-state index is 0.266. The predicted octanol–water partition coefficient (Wildman–Crippen LogP) is 4.47.